The summed E-state index contributed by atoms with van der Waals surface area (Å²) in [7, 11) is 0. The van der Waals surface area contributed by atoms with Crippen molar-refractivity contribution >= 4 is 11.9 Å². The molecule has 1 heterocycles. The molecule has 0 aromatic heterocycles. The zero-order valence-electron chi connectivity index (χ0n) is 49.4. The number of ether oxygens (including phenoxy) is 2. The fraction of sp³-hybridized carbons (Fsp3) is 0.906. The summed E-state index contributed by atoms with van der Waals surface area (Å²) in [6.45, 7) is 17.6. The first-order valence-corrected chi connectivity index (χ1v) is 31.7. The summed E-state index contributed by atoms with van der Waals surface area (Å²) in [5.74, 6) is 0.727. The summed E-state index contributed by atoms with van der Waals surface area (Å²) < 4.78 is 11.4. The number of piperidine rings is 1. The molecule has 4 N–H and O–H groups in total. The average molecular weight is 1050 g/mol. The van der Waals surface area contributed by atoms with Crippen molar-refractivity contribution < 1.29 is 39.5 Å². The van der Waals surface area contributed by atoms with Crippen molar-refractivity contribution in [3.8, 4) is 0 Å². The van der Waals surface area contributed by atoms with Gasteiger partial charge >= 0.3 is 11.9 Å². The quantitative estimate of drug-likeness (QED) is 0.0264. The standard InChI is InChI=1S/C64H122N2O8/c1-7-11-15-19-23-27-39-59(67)43-33-36-57(51-60(68)40-28-24-20-16-12-8-2)37-34-44-63(71)73-48-32-31-38-58-50-56(6)66(52-55(58)5)47-49-74-64(72)45-35-46-65(53-61(69)41-29-25-21-17-13-9-3)54-62(70)42-30-26-22-18-14-10-4/h31,33,36,38,55-62,67-70H,7-30,32,34-35,37,39-54H2,1-6H3/b36-33+,38-31+. The van der Waals surface area contributed by atoms with Gasteiger partial charge in [-0.2, -0.15) is 0 Å². The summed E-state index contributed by atoms with van der Waals surface area (Å²) in [5, 5.41) is 43.3. The van der Waals surface area contributed by atoms with Gasteiger partial charge in [-0.05, 0) is 102 Å². The lowest BCUT2D eigenvalue weighted by molar-refractivity contribution is -0.145. The Morgan fingerprint density at radius 2 is 1.01 bits per heavy atom. The Kier molecular flexibility index (Phi) is 46.9. The normalized spacial score (nSPS) is 18.6. The molecule has 0 aliphatic carbocycles. The van der Waals surface area contributed by atoms with Crippen LogP contribution in [0.25, 0.3) is 0 Å². The first-order chi connectivity index (χ1) is 35.9. The van der Waals surface area contributed by atoms with Gasteiger partial charge in [-0.25, -0.2) is 0 Å². The fourth-order valence-corrected chi connectivity index (χ4v) is 10.9. The zero-order valence-corrected chi connectivity index (χ0v) is 49.4. The Morgan fingerprint density at radius 3 is 1.54 bits per heavy atom. The smallest absolute Gasteiger partial charge is 0.305 e. The number of nitrogens with zero attached hydrogens (tertiary/aromatic N) is 2. The molecule has 0 aromatic rings. The van der Waals surface area contributed by atoms with E-state index in [-0.39, 0.29) is 30.1 Å². The average Bonchev–Trinajstić information content (AvgIpc) is 3.36. The van der Waals surface area contributed by atoms with Gasteiger partial charge in [0.25, 0.3) is 0 Å². The zero-order chi connectivity index (χ0) is 54.3. The van der Waals surface area contributed by atoms with E-state index in [0.29, 0.717) is 95.8 Å². The minimum atomic E-state index is -0.421. The van der Waals surface area contributed by atoms with E-state index in [0.717, 1.165) is 90.0 Å². The van der Waals surface area contributed by atoms with E-state index in [2.05, 4.69) is 75.6 Å². The second-order valence-corrected chi connectivity index (χ2v) is 23.1. The van der Waals surface area contributed by atoms with E-state index in [9.17, 15) is 30.0 Å². The van der Waals surface area contributed by atoms with Gasteiger partial charge < -0.3 is 29.9 Å². The maximum Gasteiger partial charge on any atom is 0.305 e. The van der Waals surface area contributed by atoms with E-state index in [4.69, 9.17) is 9.47 Å². The van der Waals surface area contributed by atoms with Crippen molar-refractivity contribution in [3.05, 3.63) is 24.3 Å². The molecule has 10 heteroatoms. The number of carbonyl (C=O) groups is 2. The molecule has 10 nitrogen and oxygen atoms in total. The predicted octanol–water partition coefficient (Wildman–Crippen LogP) is 15.0. The number of aliphatic hydroxyl groups excluding tert-OH is 4. The van der Waals surface area contributed by atoms with Crippen LogP contribution >= 0.6 is 0 Å². The van der Waals surface area contributed by atoms with Crippen LogP contribution in [0.5, 0.6) is 0 Å². The van der Waals surface area contributed by atoms with Crippen LogP contribution < -0.4 is 0 Å². The maximum atomic E-state index is 12.9. The maximum absolute atomic E-state index is 12.9. The van der Waals surface area contributed by atoms with Crippen molar-refractivity contribution in [1.29, 1.82) is 0 Å². The van der Waals surface area contributed by atoms with E-state index < -0.39 is 12.2 Å². The summed E-state index contributed by atoms with van der Waals surface area (Å²) in [4.78, 5) is 30.2. The molecule has 0 bridgehead atoms. The van der Waals surface area contributed by atoms with Crippen LogP contribution in [0.2, 0.25) is 0 Å². The number of allylic oxidation sites excluding steroid dienone is 2. The van der Waals surface area contributed by atoms with Gasteiger partial charge in [0.05, 0.1) is 31.0 Å². The van der Waals surface area contributed by atoms with Gasteiger partial charge in [0, 0.05) is 45.1 Å². The lowest BCUT2D eigenvalue weighted by Gasteiger charge is -2.40. The van der Waals surface area contributed by atoms with Crippen LogP contribution in [-0.2, 0) is 19.1 Å². The molecule has 1 fully saturated rings. The van der Waals surface area contributed by atoms with Crippen molar-refractivity contribution in [2.45, 2.75) is 310 Å². The third-order valence-electron chi connectivity index (χ3n) is 15.8. The van der Waals surface area contributed by atoms with E-state index in [1.165, 1.54) is 116 Å². The van der Waals surface area contributed by atoms with Crippen LogP contribution in [0.1, 0.15) is 279 Å². The molecular weight excluding hydrogens is 925 g/mol. The molecule has 8 atom stereocenters. The van der Waals surface area contributed by atoms with Crippen molar-refractivity contribution in [2.24, 2.45) is 17.8 Å². The fourth-order valence-electron chi connectivity index (χ4n) is 10.9. The Balaban J connectivity index is 2.48. The molecule has 0 aromatic carbocycles. The van der Waals surface area contributed by atoms with Crippen molar-refractivity contribution in [1.82, 2.24) is 9.80 Å². The topological polar surface area (TPSA) is 140 Å². The third kappa shape index (κ3) is 41.3. The van der Waals surface area contributed by atoms with Crippen LogP contribution in [0.4, 0.5) is 0 Å². The lowest BCUT2D eigenvalue weighted by Crippen LogP contribution is -2.46. The Bertz CT molecular complexity index is 1310. The number of hydrogen-bond acceptors (Lipinski definition) is 10. The van der Waals surface area contributed by atoms with Gasteiger partial charge in [0.1, 0.15) is 6.61 Å². The van der Waals surface area contributed by atoms with Crippen molar-refractivity contribution in [3.63, 3.8) is 0 Å². The highest BCUT2D eigenvalue weighted by atomic mass is 16.5. The monoisotopic (exact) mass is 1050 g/mol. The second-order valence-electron chi connectivity index (χ2n) is 23.1. The van der Waals surface area contributed by atoms with Crippen molar-refractivity contribution in [2.75, 3.05) is 45.9 Å². The molecular formula is C64H122N2O8. The minimum Gasteiger partial charge on any atom is -0.465 e. The summed E-state index contributed by atoms with van der Waals surface area (Å²) in [5.41, 5.74) is 0. The first-order valence-electron chi connectivity index (χ1n) is 31.7. The Labute approximate surface area is 457 Å². The Hall–Kier alpha value is -1.82. The molecule has 1 saturated heterocycles. The van der Waals surface area contributed by atoms with E-state index >= 15 is 0 Å². The Morgan fingerprint density at radius 1 is 0.554 bits per heavy atom. The van der Waals surface area contributed by atoms with Gasteiger partial charge in [-0.1, -0.05) is 213 Å². The summed E-state index contributed by atoms with van der Waals surface area (Å²) in [6.07, 6.45) is 45.3. The number of hydrogen-bond donors (Lipinski definition) is 4. The molecule has 74 heavy (non-hydrogen) atoms. The van der Waals surface area contributed by atoms with Gasteiger partial charge in [0.15, 0.2) is 0 Å². The highest BCUT2D eigenvalue weighted by Crippen LogP contribution is 2.29. The van der Waals surface area contributed by atoms with E-state index in [1.54, 1.807) is 0 Å². The molecule has 0 spiro atoms. The number of esters is 2. The largest absolute Gasteiger partial charge is 0.465 e. The molecule has 1 aliphatic rings. The van der Waals surface area contributed by atoms with Gasteiger partial charge in [0.2, 0.25) is 0 Å². The number of aliphatic hydroxyl groups is 4. The van der Waals surface area contributed by atoms with E-state index in [1.807, 2.05) is 0 Å². The lowest BCUT2D eigenvalue weighted by atomic mass is 9.83. The number of rotatable bonds is 52. The summed E-state index contributed by atoms with van der Waals surface area (Å²) in [6, 6.07) is 0.363. The highest BCUT2D eigenvalue weighted by molar-refractivity contribution is 5.69. The molecule has 0 saturated carbocycles. The predicted molar refractivity (Wildman–Crippen MR) is 311 cm³/mol. The van der Waals surface area contributed by atoms with Gasteiger partial charge in [-0.3, -0.25) is 19.4 Å². The first kappa shape index (κ1) is 70.2. The molecule has 1 aliphatic heterocycles. The second kappa shape index (κ2) is 49.5. The third-order valence-corrected chi connectivity index (χ3v) is 15.8. The SMILES string of the molecule is CCCCCCCCC(O)C/C=C/C(CCCC(=O)OCC/C=C/C1CC(C)N(CCOC(=O)CCCN(CC(O)CCCCCCCC)CC(O)CCCCCCCC)CC1C)CC(O)CCCCCCCC. The number of likely N-dealkylation sites (tertiary alicyclic amines) is 1. The summed E-state index contributed by atoms with van der Waals surface area (Å²) >= 11 is 0. The van der Waals surface area contributed by atoms with Crippen LogP contribution in [0, 0.1) is 17.8 Å². The van der Waals surface area contributed by atoms with Crippen LogP contribution in [0.15, 0.2) is 24.3 Å². The molecule has 1 rings (SSSR count). The molecule has 436 valence electrons. The molecule has 0 amide bonds. The number of carbonyl (C=O) groups excluding carboxylic acids is 2. The molecule has 0 radical (unpaired) electrons. The highest BCUT2D eigenvalue weighted by Gasteiger charge is 2.29. The van der Waals surface area contributed by atoms with Crippen LogP contribution in [-0.4, -0.2) is 119 Å². The molecule has 8 unspecified atom stereocenters. The van der Waals surface area contributed by atoms with Crippen LogP contribution in [0.3, 0.4) is 0 Å². The van der Waals surface area contributed by atoms with Gasteiger partial charge in [-0.15, -0.1) is 0 Å². The minimum absolute atomic E-state index is 0.163. The number of unbranched alkanes of at least 4 members (excludes halogenated alkanes) is 20.